The Morgan fingerprint density at radius 2 is 2.22 bits per heavy atom. The van der Waals surface area contributed by atoms with Crippen molar-refractivity contribution in [3.63, 3.8) is 0 Å². The lowest BCUT2D eigenvalue weighted by Crippen LogP contribution is -2.43. The lowest BCUT2D eigenvalue weighted by molar-refractivity contribution is 0.0928. The molecule has 6 nitrogen and oxygen atoms in total. The van der Waals surface area contributed by atoms with Crippen molar-refractivity contribution in [3.05, 3.63) is 46.2 Å². The highest BCUT2D eigenvalue weighted by Gasteiger charge is 2.46. The lowest BCUT2D eigenvalue weighted by atomic mass is 9.95. The number of hydrogen-bond acceptors (Lipinski definition) is 4. The molecule has 27 heavy (non-hydrogen) atoms. The molecule has 0 saturated carbocycles. The zero-order valence-electron chi connectivity index (χ0n) is 14.9. The average molecular weight is 382 g/mol. The molecule has 0 spiro atoms. The summed E-state index contributed by atoms with van der Waals surface area (Å²) in [6.07, 6.45) is 10.4. The monoisotopic (exact) mass is 381 g/mol. The molecule has 3 atom stereocenters. The molecule has 2 aromatic rings. The maximum Gasteiger partial charge on any atom is 0.253 e. The number of fused-ring (bicyclic) bond motifs is 3. The Hall–Kier alpha value is -2.52. The van der Waals surface area contributed by atoms with Crippen LogP contribution in [0.2, 0.25) is 5.02 Å². The minimum absolute atomic E-state index is 0.0146. The van der Waals surface area contributed by atoms with E-state index in [1.807, 2.05) is 15.6 Å². The van der Waals surface area contributed by atoms with Crippen LogP contribution in [0.1, 0.15) is 47.3 Å². The summed E-state index contributed by atoms with van der Waals surface area (Å²) in [4.78, 5) is 14.6. The topological polar surface area (TPSA) is 74.0 Å². The van der Waals surface area contributed by atoms with Crippen LogP contribution in [0.5, 0.6) is 0 Å². The zero-order chi connectivity index (χ0) is 18.5. The van der Waals surface area contributed by atoms with Crippen LogP contribution in [-0.2, 0) is 12.8 Å². The summed E-state index contributed by atoms with van der Waals surface area (Å²) in [5.74, 6) is -0.176. The summed E-state index contributed by atoms with van der Waals surface area (Å²) in [6.45, 7) is 0. The summed E-state index contributed by atoms with van der Waals surface area (Å²) < 4.78 is 1.85. The van der Waals surface area contributed by atoms with Crippen molar-refractivity contribution in [1.82, 2.24) is 20.0 Å². The van der Waals surface area contributed by atoms with Crippen LogP contribution in [0.25, 0.3) is 5.69 Å². The number of nitriles is 1. The molecule has 2 bridgehead atoms. The third kappa shape index (κ3) is 2.69. The molecule has 1 N–H and O–H groups in total. The summed E-state index contributed by atoms with van der Waals surface area (Å²) in [6, 6.07) is 5.83. The summed E-state index contributed by atoms with van der Waals surface area (Å²) in [7, 11) is 0. The van der Waals surface area contributed by atoms with Gasteiger partial charge in [0, 0.05) is 12.2 Å². The van der Waals surface area contributed by atoms with E-state index in [1.54, 1.807) is 12.1 Å². The molecule has 3 aliphatic rings. The molecule has 3 heterocycles. The zero-order valence-corrected chi connectivity index (χ0v) is 15.6. The molecule has 138 valence electrons. The number of amides is 1. The number of benzene rings is 1. The van der Waals surface area contributed by atoms with Gasteiger partial charge in [-0.25, -0.2) is 4.68 Å². The molecular weight excluding hydrogens is 362 g/mol. The van der Waals surface area contributed by atoms with Crippen LogP contribution in [-0.4, -0.2) is 38.7 Å². The smallest absolute Gasteiger partial charge is 0.253 e. The highest BCUT2D eigenvalue weighted by Crippen LogP contribution is 2.37. The van der Waals surface area contributed by atoms with Gasteiger partial charge in [0.1, 0.15) is 0 Å². The lowest BCUT2D eigenvalue weighted by Gasteiger charge is -2.22. The third-order valence-corrected chi connectivity index (χ3v) is 6.48. The number of rotatable bonds is 3. The van der Waals surface area contributed by atoms with Crippen molar-refractivity contribution in [1.29, 1.82) is 5.26 Å². The van der Waals surface area contributed by atoms with E-state index in [0.29, 0.717) is 10.6 Å². The van der Waals surface area contributed by atoms with Gasteiger partial charge < -0.3 is 10.2 Å². The summed E-state index contributed by atoms with van der Waals surface area (Å²) >= 11 is 6.42. The first-order chi connectivity index (χ1) is 13.1. The van der Waals surface area contributed by atoms with E-state index in [4.69, 9.17) is 11.6 Å². The quantitative estimate of drug-likeness (QED) is 0.829. The first-order valence-corrected chi connectivity index (χ1v) is 9.88. The number of nitrogens with one attached hydrogen (secondary N) is 1. The average Bonchev–Trinajstić information content (AvgIpc) is 3.40. The van der Waals surface area contributed by atoms with Gasteiger partial charge in [0.25, 0.3) is 5.91 Å². The fraction of sp³-hybridized carbons (Fsp3) is 0.450. The molecule has 5 rings (SSSR count). The second kappa shape index (κ2) is 6.28. The van der Waals surface area contributed by atoms with Crippen molar-refractivity contribution >= 4 is 17.5 Å². The van der Waals surface area contributed by atoms with Gasteiger partial charge in [-0.15, -0.1) is 0 Å². The van der Waals surface area contributed by atoms with Crippen LogP contribution in [0.4, 0.5) is 0 Å². The molecule has 7 heteroatoms. The molecule has 1 aliphatic carbocycles. The molecule has 2 aliphatic heterocycles. The third-order valence-electron chi connectivity index (χ3n) is 6.17. The maximum atomic E-state index is 12.7. The predicted molar refractivity (Wildman–Crippen MR) is 101 cm³/mol. The Morgan fingerprint density at radius 3 is 2.96 bits per heavy atom. The molecule has 1 aromatic heterocycles. The first-order valence-electron chi connectivity index (χ1n) is 9.50. The van der Waals surface area contributed by atoms with E-state index in [-0.39, 0.29) is 24.0 Å². The fourth-order valence-electron chi connectivity index (χ4n) is 4.82. The van der Waals surface area contributed by atoms with Crippen molar-refractivity contribution in [2.75, 3.05) is 0 Å². The summed E-state index contributed by atoms with van der Waals surface area (Å²) in [5, 5.41) is 17.4. The van der Waals surface area contributed by atoms with Gasteiger partial charge in [0.15, 0.2) is 6.19 Å². The van der Waals surface area contributed by atoms with Gasteiger partial charge in [-0.2, -0.15) is 10.4 Å². The van der Waals surface area contributed by atoms with Crippen LogP contribution in [0, 0.1) is 11.5 Å². The molecule has 2 fully saturated rings. The highest BCUT2D eigenvalue weighted by molar-refractivity contribution is 6.34. The van der Waals surface area contributed by atoms with Gasteiger partial charge in [0.05, 0.1) is 34.1 Å². The maximum absolute atomic E-state index is 12.7. The van der Waals surface area contributed by atoms with Crippen molar-refractivity contribution in [2.24, 2.45) is 0 Å². The van der Waals surface area contributed by atoms with E-state index in [2.05, 4.69) is 22.8 Å². The second-order valence-corrected chi connectivity index (χ2v) is 8.09. The largest absolute Gasteiger partial charge is 0.347 e. The number of hydrogen-bond donors (Lipinski definition) is 1. The molecule has 2 saturated heterocycles. The standard InChI is InChI=1S/C20H20ClN5O/c21-16-8-14(26-10-12-2-1-3-17(12)24-26)4-6-15(16)20(27)23-18-9-13-5-7-19(18)25(13)11-22/h4,6,8,10,13,18-19H,1-3,5,7,9H2,(H,23,27)/t13-,18+,19+/m0/s1. The van der Waals surface area contributed by atoms with Gasteiger partial charge >= 0.3 is 0 Å². The first kappa shape index (κ1) is 16.6. The number of carbonyl (C=O) groups is 1. The van der Waals surface area contributed by atoms with Crippen LogP contribution in [0.3, 0.4) is 0 Å². The van der Waals surface area contributed by atoms with Crippen molar-refractivity contribution < 1.29 is 4.79 Å². The Labute approximate surface area is 162 Å². The van der Waals surface area contributed by atoms with Crippen molar-refractivity contribution in [3.8, 4) is 11.9 Å². The van der Waals surface area contributed by atoms with Crippen LogP contribution < -0.4 is 5.32 Å². The number of aromatic nitrogens is 2. The van der Waals surface area contributed by atoms with E-state index >= 15 is 0 Å². The summed E-state index contributed by atoms with van der Waals surface area (Å²) in [5.41, 5.74) is 3.78. The minimum Gasteiger partial charge on any atom is -0.347 e. The SMILES string of the molecule is N#CN1[C@H]2CC[C@@H]1[C@H](NC(=O)c1ccc(-n3cc4c(n3)CCC4)cc1Cl)C2. The van der Waals surface area contributed by atoms with Crippen molar-refractivity contribution in [2.45, 2.75) is 56.7 Å². The number of carbonyl (C=O) groups excluding carboxylic acids is 1. The molecule has 1 amide bonds. The molecular formula is C20H20ClN5O. The highest BCUT2D eigenvalue weighted by atomic mass is 35.5. The fourth-order valence-corrected chi connectivity index (χ4v) is 5.08. The minimum atomic E-state index is -0.176. The number of aryl methyl sites for hydroxylation is 2. The van der Waals surface area contributed by atoms with Gasteiger partial charge in [0.2, 0.25) is 0 Å². The van der Waals surface area contributed by atoms with E-state index in [9.17, 15) is 10.1 Å². The molecule has 1 aromatic carbocycles. The normalized spacial score (nSPS) is 25.5. The Balaban J connectivity index is 1.33. The number of halogens is 1. The van der Waals surface area contributed by atoms with Crippen LogP contribution >= 0.6 is 11.6 Å². The predicted octanol–water partition coefficient (Wildman–Crippen LogP) is 2.83. The molecule has 0 radical (unpaired) electrons. The molecule has 0 unspecified atom stereocenters. The Bertz CT molecular complexity index is 940. The van der Waals surface area contributed by atoms with Gasteiger partial charge in [-0.3, -0.25) is 4.79 Å². The van der Waals surface area contributed by atoms with E-state index < -0.39 is 0 Å². The van der Waals surface area contributed by atoms with Crippen LogP contribution in [0.15, 0.2) is 24.4 Å². The van der Waals surface area contributed by atoms with E-state index in [0.717, 1.165) is 43.5 Å². The van der Waals surface area contributed by atoms with Gasteiger partial charge in [-0.05, 0) is 62.3 Å². The number of nitrogens with zero attached hydrogens (tertiary/aromatic N) is 4. The van der Waals surface area contributed by atoms with E-state index in [1.165, 1.54) is 12.0 Å². The Morgan fingerprint density at radius 1 is 1.33 bits per heavy atom. The Kier molecular flexibility index (Phi) is 3.87. The van der Waals surface area contributed by atoms with Gasteiger partial charge in [-0.1, -0.05) is 11.6 Å². The second-order valence-electron chi connectivity index (χ2n) is 7.68.